The minimum Gasteiger partial charge on any atom is -0.368 e. The van der Waals surface area contributed by atoms with E-state index >= 15 is 0 Å². The summed E-state index contributed by atoms with van der Waals surface area (Å²) in [6, 6.07) is 31.3. The molecule has 0 aliphatic heterocycles. The van der Waals surface area contributed by atoms with Crippen LogP contribution in [0.5, 0.6) is 0 Å². The Morgan fingerprint density at radius 1 is 0.586 bits per heavy atom. The van der Waals surface area contributed by atoms with E-state index in [9.17, 15) is 24.0 Å². The quantitative estimate of drug-likeness (QED) is 0.0647. The maximum absolute atomic E-state index is 14.6. The molecule has 0 saturated heterocycles. The topological polar surface area (TPSA) is 203 Å². The summed E-state index contributed by atoms with van der Waals surface area (Å²) in [5.41, 5.74) is 19.9. The van der Waals surface area contributed by atoms with Gasteiger partial charge in [-0.25, -0.2) is 0 Å². The van der Waals surface area contributed by atoms with Gasteiger partial charge in [-0.15, -0.1) is 0 Å². The first-order chi connectivity index (χ1) is 28.0. The van der Waals surface area contributed by atoms with Crippen molar-refractivity contribution in [2.75, 3.05) is 13.6 Å². The Kier molecular flexibility index (Phi) is 15.5. The molecule has 0 aromatic heterocycles. The zero-order chi connectivity index (χ0) is 41.6. The highest BCUT2D eigenvalue weighted by atomic mass is 16.2. The first kappa shape index (κ1) is 43.0. The van der Waals surface area contributed by atoms with Crippen molar-refractivity contribution in [3.05, 3.63) is 132 Å². The lowest BCUT2D eigenvalue weighted by molar-refractivity contribution is -0.141. The average molecular weight is 786 g/mol. The van der Waals surface area contributed by atoms with Crippen molar-refractivity contribution >= 4 is 51.1 Å². The molecule has 12 heteroatoms. The summed E-state index contributed by atoms with van der Waals surface area (Å²) in [6.45, 7) is 2.22. The monoisotopic (exact) mass is 785 g/mol. The second kappa shape index (κ2) is 20.9. The second-order valence-corrected chi connectivity index (χ2v) is 14.8. The third-order valence-electron chi connectivity index (χ3n) is 10.5. The Balaban J connectivity index is 1.48. The number of carbonyl (C=O) groups is 5. The number of fused-ring (bicyclic) bond motifs is 2. The van der Waals surface area contributed by atoms with Crippen LogP contribution < -0.4 is 33.2 Å². The molecule has 5 atom stereocenters. The summed E-state index contributed by atoms with van der Waals surface area (Å²) in [6.07, 6.45) is 2.19. The van der Waals surface area contributed by atoms with E-state index in [4.69, 9.17) is 17.2 Å². The number of nitrogens with zero attached hydrogens (tertiary/aromatic N) is 1. The van der Waals surface area contributed by atoms with Crippen LogP contribution in [-0.4, -0.2) is 78.2 Å². The number of hydrogen-bond donors (Lipinski definition) is 6. The van der Waals surface area contributed by atoms with Crippen molar-refractivity contribution in [2.24, 2.45) is 17.2 Å². The molecule has 5 aromatic rings. The number of hydrogen-bond acceptors (Lipinski definition) is 7. The van der Waals surface area contributed by atoms with Gasteiger partial charge in [0, 0.05) is 26.3 Å². The first-order valence-electron chi connectivity index (χ1n) is 19.9. The van der Waals surface area contributed by atoms with Gasteiger partial charge in [0.15, 0.2) is 0 Å². The van der Waals surface area contributed by atoms with Crippen molar-refractivity contribution < 1.29 is 24.0 Å². The predicted octanol–water partition coefficient (Wildman–Crippen LogP) is 3.65. The molecule has 0 spiro atoms. The smallest absolute Gasteiger partial charge is 0.243 e. The molecule has 304 valence electrons. The highest BCUT2D eigenvalue weighted by Gasteiger charge is 2.34. The zero-order valence-electron chi connectivity index (χ0n) is 33.2. The molecule has 58 heavy (non-hydrogen) atoms. The third kappa shape index (κ3) is 11.7. The first-order valence-corrected chi connectivity index (χ1v) is 19.9. The van der Waals surface area contributed by atoms with Crippen LogP contribution in [0.4, 0.5) is 0 Å². The minimum atomic E-state index is -1.18. The lowest BCUT2D eigenvalue weighted by Gasteiger charge is -2.31. The number of benzene rings is 5. The van der Waals surface area contributed by atoms with E-state index < -0.39 is 59.7 Å². The number of amides is 5. The van der Waals surface area contributed by atoms with E-state index in [1.54, 1.807) is 14.0 Å². The number of nitrogens with one attached hydrogen (secondary N) is 3. The molecule has 12 nitrogen and oxygen atoms in total. The van der Waals surface area contributed by atoms with Crippen LogP contribution in [-0.2, 0) is 43.2 Å². The molecule has 5 amide bonds. The Morgan fingerprint density at radius 2 is 1.07 bits per heavy atom. The van der Waals surface area contributed by atoms with E-state index in [-0.39, 0.29) is 25.7 Å². The van der Waals surface area contributed by atoms with Gasteiger partial charge in [0.1, 0.15) is 24.2 Å². The van der Waals surface area contributed by atoms with Crippen molar-refractivity contribution in [3.63, 3.8) is 0 Å². The van der Waals surface area contributed by atoms with Gasteiger partial charge in [-0.3, -0.25) is 24.0 Å². The molecule has 0 fully saturated rings. The number of rotatable bonds is 20. The Labute approximate surface area is 339 Å². The van der Waals surface area contributed by atoms with E-state index in [0.717, 1.165) is 38.2 Å². The van der Waals surface area contributed by atoms with Crippen molar-refractivity contribution in [1.82, 2.24) is 20.9 Å². The van der Waals surface area contributed by atoms with Gasteiger partial charge < -0.3 is 38.1 Å². The highest BCUT2D eigenvalue weighted by molar-refractivity contribution is 5.96. The second-order valence-electron chi connectivity index (χ2n) is 14.8. The fourth-order valence-electron chi connectivity index (χ4n) is 7.05. The number of primary amides is 1. The van der Waals surface area contributed by atoms with Crippen molar-refractivity contribution in [3.8, 4) is 0 Å². The van der Waals surface area contributed by atoms with E-state index in [1.165, 1.54) is 4.90 Å². The van der Waals surface area contributed by atoms with Gasteiger partial charge in [-0.1, -0.05) is 122 Å². The van der Waals surface area contributed by atoms with Gasteiger partial charge in [0.25, 0.3) is 0 Å². The van der Waals surface area contributed by atoms with Gasteiger partial charge in [-0.05, 0) is 70.5 Å². The van der Waals surface area contributed by atoms with Crippen LogP contribution >= 0.6 is 0 Å². The number of unbranched alkanes of at least 4 members (excludes halogenated alkanes) is 1. The van der Waals surface area contributed by atoms with E-state index in [2.05, 4.69) is 16.0 Å². The zero-order valence-corrected chi connectivity index (χ0v) is 33.2. The molecular weight excluding hydrogens is 731 g/mol. The Morgan fingerprint density at radius 3 is 1.60 bits per heavy atom. The Hall–Kier alpha value is -6.11. The fourth-order valence-corrected chi connectivity index (χ4v) is 7.05. The normalized spacial score (nSPS) is 13.8. The standard InChI is InChI=1S/C46H55N7O5/c1-3-37(48)46(58)53(2)41(29-32-21-23-34-16-8-10-18-36(34)26-32)45(57)52-40(28-31-20-22-33-15-7-9-17-35(33)25-31)44(56)51-39(27-30-13-5-4-6-14-30)43(55)50-38(42(49)54)19-11-12-24-47/h4-10,13-18,20-23,25-26,37-41H,3,11-12,19,24,27-29,47-48H2,1-2H3,(H2,49,54)(H,50,55)(H,51,56)(H,52,57)/t37-,38-,39-,40+,41+/m0/s1. The Bertz CT molecular complexity index is 2200. The lowest BCUT2D eigenvalue weighted by atomic mass is 9.97. The molecule has 9 N–H and O–H groups in total. The average Bonchev–Trinajstić information content (AvgIpc) is 3.24. The molecule has 0 saturated carbocycles. The van der Waals surface area contributed by atoms with Crippen LogP contribution in [0.1, 0.15) is 49.3 Å². The molecule has 5 aromatic carbocycles. The number of nitrogens with two attached hydrogens (primary N) is 3. The lowest BCUT2D eigenvalue weighted by Crippen LogP contribution is -2.60. The molecule has 0 heterocycles. The van der Waals surface area contributed by atoms with Crippen LogP contribution in [0.15, 0.2) is 115 Å². The SMILES string of the molecule is CC[C@H](N)C(=O)N(C)[C@H](Cc1ccc2ccccc2c1)C(=O)N[C@H](Cc1ccc2ccccc2c1)C(=O)N[C@@H](Cc1ccccc1)C(=O)N[C@@H](CCCCN)C(N)=O. The van der Waals surface area contributed by atoms with Crippen molar-refractivity contribution in [2.45, 2.75) is 82.1 Å². The molecular formula is C46H55N7O5. The summed E-state index contributed by atoms with van der Waals surface area (Å²) in [5.74, 6) is -2.90. The molecule has 0 aliphatic carbocycles. The van der Waals surface area contributed by atoms with Crippen molar-refractivity contribution in [1.29, 1.82) is 0 Å². The van der Waals surface area contributed by atoms with Crippen LogP contribution in [0, 0.1) is 0 Å². The van der Waals surface area contributed by atoms with Gasteiger partial charge >= 0.3 is 0 Å². The maximum atomic E-state index is 14.6. The van der Waals surface area contributed by atoms with Gasteiger partial charge in [0.05, 0.1) is 6.04 Å². The van der Waals surface area contributed by atoms with Gasteiger partial charge in [0.2, 0.25) is 29.5 Å². The molecule has 5 rings (SSSR count). The van der Waals surface area contributed by atoms with Crippen LogP contribution in [0.2, 0.25) is 0 Å². The van der Waals surface area contributed by atoms with E-state index in [0.29, 0.717) is 25.8 Å². The summed E-state index contributed by atoms with van der Waals surface area (Å²) in [5, 5.41) is 12.6. The summed E-state index contributed by atoms with van der Waals surface area (Å²) in [7, 11) is 1.55. The summed E-state index contributed by atoms with van der Waals surface area (Å²) in [4.78, 5) is 70.3. The highest BCUT2D eigenvalue weighted by Crippen LogP contribution is 2.20. The maximum Gasteiger partial charge on any atom is 0.243 e. The van der Waals surface area contributed by atoms with Crippen LogP contribution in [0.3, 0.4) is 0 Å². The largest absolute Gasteiger partial charge is 0.368 e. The number of likely N-dealkylation sites (N-methyl/N-ethyl adjacent to an activating group) is 1. The minimum absolute atomic E-state index is 0.0694. The molecule has 0 bridgehead atoms. The fraction of sp³-hybridized carbons (Fsp3) is 0.326. The number of carbonyl (C=O) groups excluding carboxylic acids is 5. The third-order valence-corrected chi connectivity index (χ3v) is 10.5. The van der Waals surface area contributed by atoms with E-state index in [1.807, 2.05) is 115 Å². The van der Waals surface area contributed by atoms with Gasteiger partial charge in [-0.2, -0.15) is 0 Å². The molecule has 0 aliphatic rings. The predicted molar refractivity (Wildman–Crippen MR) is 228 cm³/mol. The molecule has 0 unspecified atom stereocenters. The molecule has 0 radical (unpaired) electrons. The van der Waals surface area contributed by atoms with Crippen LogP contribution in [0.25, 0.3) is 21.5 Å². The summed E-state index contributed by atoms with van der Waals surface area (Å²) >= 11 is 0. The summed E-state index contributed by atoms with van der Waals surface area (Å²) < 4.78 is 0.